The number of aromatic nitrogens is 3. The normalized spacial score (nSPS) is 11.6. The highest BCUT2D eigenvalue weighted by Crippen LogP contribution is 2.31. The van der Waals surface area contributed by atoms with E-state index in [0.717, 1.165) is 16.8 Å². The van der Waals surface area contributed by atoms with Crippen LogP contribution in [0.5, 0.6) is 11.5 Å². The van der Waals surface area contributed by atoms with Crippen LogP contribution in [0.15, 0.2) is 36.4 Å². The first-order valence-electron chi connectivity index (χ1n) is 7.25. The number of hydrogen-bond acceptors (Lipinski definition) is 6. The Bertz CT molecular complexity index is 999. The molecule has 9 nitrogen and oxygen atoms in total. The summed E-state index contributed by atoms with van der Waals surface area (Å²) in [4.78, 5) is 0. The van der Waals surface area contributed by atoms with E-state index < -0.39 is 10.2 Å². The molecule has 25 heavy (non-hydrogen) atoms. The number of benzene rings is 2. The van der Waals surface area contributed by atoms with E-state index >= 15 is 0 Å². The predicted octanol–water partition coefficient (Wildman–Crippen LogP) is 0.731. The molecule has 0 bridgehead atoms. The van der Waals surface area contributed by atoms with Crippen LogP contribution >= 0.6 is 0 Å². The second-order valence-corrected chi connectivity index (χ2v) is 6.61. The van der Waals surface area contributed by atoms with Crippen LogP contribution in [0.2, 0.25) is 0 Å². The van der Waals surface area contributed by atoms with E-state index in [0.29, 0.717) is 17.0 Å². The smallest absolute Gasteiger partial charge is 0.274 e. The van der Waals surface area contributed by atoms with Gasteiger partial charge < -0.3 is 9.47 Å². The van der Waals surface area contributed by atoms with E-state index in [1.54, 1.807) is 43.2 Å². The maximum Gasteiger partial charge on any atom is 0.274 e. The average molecular weight is 363 g/mol. The van der Waals surface area contributed by atoms with Gasteiger partial charge in [0.05, 0.1) is 25.4 Å². The average Bonchev–Trinajstić information content (AvgIpc) is 3.01. The molecule has 0 amide bonds. The third-order valence-corrected chi connectivity index (χ3v) is 4.16. The summed E-state index contributed by atoms with van der Waals surface area (Å²) in [6, 6.07) is 10.7. The van der Waals surface area contributed by atoms with Gasteiger partial charge in [0.25, 0.3) is 10.2 Å². The van der Waals surface area contributed by atoms with Gasteiger partial charge in [-0.2, -0.15) is 13.1 Å². The molecule has 3 aromatic rings. The Balaban J connectivity index is 1.94. The van der Waals surface area contributed by atoms with Gasteiger partial charge in [-0.15, -0.1) is 5.10 Å². The van der Waals surface area contributed by atoms with Crippen LogP contribution in [0.4, 0.5) is 0 Å². The second kappa shape index (κ2) is 6.67. The van der Waals surface area contributed by atoms with E-state index in [2.05, 4.69) is 15.0 Å². The van der Waals surface area contributed by atoms with Crippen LogP contribution in [0.3, 0.4) is 0 Å². The van der Waals surface area contributed by atoms with Gasteiger partial charge in [0.2, 0.25) is 0 Å². The summed E-state index contributed by atoms with van der Waals surface area (Å²) in [5, 5.41) is 13.2. The molecule has 0 atom stereocenters. The van der Waals surface area contributed by atoms with Crippen molar-refractivity contribution in [3.63, 3.8) is 0 Å². The highest BCUT2D eigenvalue weighted by molar-refractivity contribution is 7.87. The standard InChI is InChI=1S/C15H17N5O4S/c1-23-14-7-12-13(8-15(14)24-2)20(19-18-12)11-5-3-10(4-6-11)9-17-25(16,21)22/h3-8,17H,9H2,1-2H3,(H2,16,21,22). The van der Waals surface area contributed by atoms with Gasteiger partial charge in [-0.1, -0.05) is 17.3 Å². The van der Waals surface area contributed by atoms with Crippen molar-refractivity contribution in [3.8, 4) is 17.2 Å². The topological polar surface area (TPSA) is 121 Å². The highest BCUT2D eigenvalue weighted by atomic mass is 32.2. The van der Waals surface area contributed by atoms with Crippen molar-refractivity contribution >= 4 is 21.2 Å². The van der Waals surface area contributed by atoms with Crippen molar-refractivity contribution in [3.05, 3.63) is 42.0 Å². The SMILES string of the molecule is COc1cc2nnn(-c3ccc(CNS(N)(=O)=O)cc3)c2cc1OC. The zero-order valence-corrected chi connectivity index (χ0v) is 14.4. The molecule has 10 heteroatoms. The van der Waals surface area contributed by atoms with Gasteiger partial charge in [0.1, 0.15) is 5.52 Å². The van der Waals surface area contributed by atoms with Crippen LogP contribution in [0.25, 0.3) is 16.7 Å². The van der Waals surface area contributed by atoms with Gasteiger partial charge in [-0.3, -0.25) is 0 Å². The van der Waals surface area contributed by atoms with Gasteiger partial charge in [0.15, 0.2) is 11.5 Å². The lowest BCUT2D eigenvalue weighted by Crippen LogP contribution is -2.30. The number of fused-ring (bicyclic) bond motifs is 1. The van der Waals surface area contributed by atoms with Crippen molar-refractivity contribution in [2.45, 2.75) is 6.54 Å². The first-order chi connectivity index (χ1) is 11.9. The summed E-state index contributed by atoms with van der Waals surface area (Å²) < 4.78 is 36.4. The van der Waals surface area contributed by atoms with Crippen molar-refractivity contribution in [2.24, 2.45) is 5.14 Å². The van der Waals surface area contributed by atoms with Crippen LogP contribution in [-0.4, -0.2) is 37.6 Å². The van der Waals surface area contributed by atoms with Crippen molar-refractivity contribution < 1.29 is 17.9 Å². The summed E-state index contributed by atoms with van der Waals surface area (Å²) in [5.41, 5.74) is 2.96. The molecule has 2 aromatic carbocycles. The Hall–Kier alpha value is -2.69. The predicted molar refractivity (Wildman–Crippen MR) is 91.9 cm³/mol. The molecule has 3 rings (SSSR count). The van der Waals surface area contributed by atoms with Crippen molar-refractivity contribution in [2.75, 3.05) is 14.2 Å². The maximum absolute atomic E-state index is 10.9. The lowest BCUT2D eigenvalue weighted by atomic mass is 10.2. The molecule has 1 aromatic heterocycles. The summed E-state index contributed by atoms with van der Waals surface area (Å²) in [5.74, 6) is 1.15. The number of ether oxygens (including phenoxy) is 2. The fourth-order valence-electron chi connectivity index (χ4n) is 2.38. The summed E-state index contributed by atoms with van der Waals surface area (Å²) >= 11 is 0. The molecule has 132 valence electrons. The van der Waals surface area contributed by atoms with Gasteiger partial charge >= 0.3 is 0 Å². The first kappa shape index (κ1) is 17.1. The third-order valence-electron chi connectivity index (χ3n) is 3.61. The zero-order valence-electron chi connectivity index (χ0n) is 13.6. The third kappa shape index (κ3) is 3.71. The van der Waals surface area contributed by atoms with Crippen molar-refractivity contribution in [1.29, 1.82) is 0 Å². The monoisotopic (exact) mass is 363 g/mol. The number of nitrogens with two attached hydrogens (primary N) is 1. The van der Waals surface area contributed by atoms with E-state index in [-0.39, 0.29) is 6.54 Å². The maximum atomic E-state index is 10.9. The number of rotatable bonds is 6. The van der Waals surface area contributed by atoms with Gasteiger partial charge in [0, 0.05) is 18.7 Å². The Kier molecular flexibility index (Phi) is 4.57. The minimum Gasteiger partial charge on any atom is -0.493 e. The Labute approximate surface area is 144 Å². The lowest BCUT2D eigenvalue weighted by Gasteiger charge is -2.08. The largest absolute Gasteiger partial charge is 0.493 e. The molecular formula is C15H17N5O4S. The minimum atomic E-state index is -3.72. The van der Waals surface area contributed by atoms with Crippen LogP contribution in [0, 0.1) is 0 Å². The number of nitrogens with zero attached hydrogens (tertiary/aromatic N) is 3. The summed E-state index contributed by atoms with van der Waals surface area (Å²) in [6.07, 6.45) is 0. The number of hydrogen-bond donors (Lipinski definition) is 2. The molecule has 0 saturated heterocycles. The van der Waals surface area contributed by atoms with E-state index in [1.807, 2.05) is 12.1 Å². The molecule has 0 aliphatic rings. The molecule has 0 aliphatic carbocycles. The van der Waals surface area contributed by atoms with Crippen LogP contribution < -0.4 is 19.3 Å². The molecule has 0 unspecified atom stereocenters. The van der Waals surface area contributed by atoms with E-state index in [9.17, 15) is 8.42 Å². The molecular weight excluding hydrogens is 346 g/mol. The Morgan fingerprint density at radius 2 is 1.76 bits per heavy atom. The lowest BCUT2D eigenvalue weighted by molar-refractivity contribution is 0.355. The van der Waals surface area contributed by atoms with Gasteiger partial charge in [-0.05, 0) is 17.7 Å². The minimum absolute atomic E-state index is 0.113. The molecule has 0 aliphatic heterocycles. The molecule has 0 radical (unpaired) electrons. The number of methoxy groups -OCH3 is 2. The second-order valence-electron chi connectivity index (χ2n) is 5.23. The number of nitrogens with one attached hydrogen (secondary N) is 1. The van der Waals surface area contributed by atoms with Gasteiger partial charge in [-0.25, -0.2) is 9.82 Å². The Morgan fingerprint density at radius 3 is 2.36 bits per heavy atom. The molecule has 0 spiro atoms. The van der Waals surface area contributed by atoms with Crippen LogP contribution in [-0.2, 0) is 16.8 Å². The van der Waals surface area contributed by atoms with E-state index in [1.165, 1.54) is 0 Å². The summed E-state index contributed by atoms with van der Waals surface area (Å²) in [7, 11) is -0.604. The molecule has 0 saturated carbocycles. The fourth-order valence-corrected chi connectivity index (χ4v) is 2.75. The molecule has 1 heterocycles. The molecule has 0 fully saturated rings. The van der Waals surface area contributed by atoms with Crippen molar-refractivity contribution in [1.82, 2.24) is 19.7 Å². The zero-order chi connectivity index (χ0) is 18.0. The first-order valence-corrected chi connectivity index (χ1v) is 8.80. The fraction of sp³-hybridized carbons (Fsp3) is 0.200. The Morgan fingerprint density at radius 1 is 1.12 bits per heavy atom. The van der Waals surface area contributed by atoms with E-state index in [4.69, 9.17) is 14.6 Å². The summed E-state index contributed by atoms with van der Waals surface area (Å²) in [6.45, 7) is 0.113. The molecule has 3 N–H and O–H groups in total. The quantitative estimate of drug-likeness (QED) is 0.666. The highest BCUT2D eigenvalue weighted by Gasteiger charge is 2.13. The van der Waals surface area contributed by atoms with Crippen LogP contribution in [0.1, 0.15) is 5.56 Å².